The lowest BCUT2D eigenvalue weighted by atomic mass is 9.71. The van der Waals surface area contributed by atoms with Crippen LogP contribution in [0, 0.1) is 15.5 Å². The normalized spacial score (nSPS) is 22.7. The molecule has 1 amide bonds. The first-order chi connectivity index (χ1) is 36.6. The Kier molecular flexibility index (Phi) is 14.8. The number of H-pyrrole nitrogens is 1. The van der Waals surface area contributed by atoms with Crippen LogP contribution in [-0.2, 0) is 24.2 Å². The number of nitrogens with one attached hydrogen (secondary N) is 2. The van der Waals surface area contributed by atoms with Gasteiger partial charge in [0.05, 0.1) is 65.7 Å². The Balaban J connectivity index is 0.881. The molecule has 76 heavy (non-hydrogen) atoms. The van der Waals surface area contributed by atoms with Gasteiger partial charge in [-0.2, -0.15) is 4.98 Å². The van der Waals surface area contributed by atoms with Crippen LogP contribution >= 0.6 is 11.6 Å². The number of halogens is 2. The van der Waals surface area contributed by atoms with Gasteiger partial charge in [-0.3, -0.25) is 24.7 Å². The minimum Gasteiger partial charge on any atom is -0.483 e. The van der Waals surface area contributed by atoms with Gasteiger partial charge in [-0.25, -0.2) is 17.5 Å². The number of nitro benzene ring substituents is 1. The van der Waals surface area contributed by atoms with Crippen LogP contribution in [-0.4, -0.2) is 155 Å². The van der Waals surface area contributed by atoms with Crippen molar-refractivity contribution in [2.24, 2.45) is 5.41 Å². The van der Waals surface area contributed by atoms with E-state index in [1.165, 1.54) is 11.1 Å². The minimum atomic E-state index is -4.73. The van der Waals surface area contributed by atoms with Crippen molar-refractivity contribution in [3.63, 3.8) is 0 Å². The van der Waals surface area contributed by atoms with Gasteiger partial charge in [0.1, 0.15) is 23.6 Å². The third kappa shape index (κ3) is 11.1. The number of carbonyl (C=O) groups is 1. The molecule has 6 aliphatic rings. The van der Waals surface area contributed by atoms with Gasteiger partial charge in [0.2, 0.25) is 5.88 Å². The highest BCUT2D eigenvalue weighted by Gasteiger charge is 2.41. The second kappa shape index (κ2) is 21.5. The number of nitro groups is 1. The van der Waals surface area contributed by atoms with E-state index in [0.29, 0.717) is 120 Å². The molecule has 4 fully saturated rings. The van der Waals surface area contributed by atoms with Crippen molar-refractivity contribution in [3.8, 4) is 11.6 Å². The maximum absolute atomic E-state index is 15.9. The van der Waals surface area contributed by atoms with E-state index < -0.39 is 43.7 Å². The molecule has 5 aromatic rings. The van der Waals surface area contributed by atoms with Crippen LogP contribution in [0.2, 0.25) is 5.02 Å². The molecule has 5 aliphatic heterocycles. The Morgan fingerprint density at radius 1 is 0.921 bits per heavy atom. The predicted octanol–water partition coefficient (Wildman–Crippen LogP) is 8.32. The van der Waals surface area contributed by atoms with E-state index in [-0.39, 0.29) is 47.8 Å². The van der Waals surface area contributed by atoms with Crippen molar-refractivity contribution in [1.82, 2.24) is 24.5 Å². The number of hydrogen-bond acceptors (Lipinski definition) is 15. The number of pyridine rings is 1. The molecule has 7 heterocycles. The summed E-state index contributed by atoms with van der Waals surface area (Å²) in [6, 6.07) is 20.6. The number of carbonyl (C=O) groups excluding carboxylic acids is 1. The van der Waals surface area contributed by atoms with Gasteiger partial charge in [0.15, 0.2) is 5.75 Å². The first-order valence-corrected chi connectivity index (χ1v) is 28.1. The number of benzene rings is 3. The van der Waals surface area contributed by atoms with Crippen molar-refractivity contribution in [1.29, 1.82) is 0 Å². The third-order valence-electron chi connectivity index (χ3n) is 15.8. The second-order valence-corrected chi connectivity index (χ2v) is 23.8. The number of aromatic amines is 1. The van der Waals surface area contributed by atoms with Crippen molar-refractivity contribution in [3.05, 3.63) is 111 Å². The monoisotopic (exact) mass is 1080 g/mol. The number of aromatic nitrogens is 2. The number of ether oxygens (including phenoxy) is 5. The maximum Gasteiger partial charge on any atom is 0.312 e. The minimum absolute atomic E-state index is 0.0129. The van der Waals surface area contributed by atoms with Crippen LogP contribution in [0.4, 0.5) is 27.1 Å². The number of sulfonamides is 1. The Hall–Kier alpha value is -5.87. The molecule has 0 saturated carbocycles. The number of alkyl halides is 1. The molecule has 1 unspecified atom stereocenters. The van der Waals surface area contributed by atoms with Gasteiger partial charge >= 0.3 is 5.69 Å². The number of rotatable bonds is 11. The number of likely N-dealkylation sites (tertiary alicyclic amines) is 1. The van der Waals surface area contributed by atoms with E-state index in [9.17, 15) is 23.3 Å². The summed E-state index contributed by atoms with van der Waals surface area (Å²) < 4.78 is 76.7. The van der Waals surface area contributed by atoms with Crippen LogP contribution in [0.25, 0.3) is 16.6 Å². The molecule has 1 aliphatic carbocycles. The molecule has 3 aromatic carbocycles. The summed E-state index contributed by atoms with van der Waals surface area (Å²) in [6.45, 7) is 11.4. The van der Waals surface area contributed by atoms with E-state index in [1.807, 2.05) is 41.3 Å². The smallest absolute Gasteiger partial charge is 0.312 e. The first-order valence-electron chi connectivity index (χ1n) is 26.3. The van der Waals surface area contributed by atoms with Gasteiger partial charge in [0.25, 0.3) is 15.9 Å². The van der Waals surface area contributed by atoms with Crippen LogP contribution in [0.15, 0.2) is 89.5 Å². The number of allylic oxidation sites excluding steroid dienone is 1. The molecule has 2 atom stereocenters. The van der Waals surface area contributed by atoms with Gasteiger partial charge in [0, 0.05) is 87.4 Å². The van der Waals surface area contributed by atoms with E-state index >= 15 is 4.39 Å². The zero-order valence-electron chi connectivity index (χ0n) is 42.8. The lowest BCUT2D eigenvalue weighted by molar-refractivity contribution is -0.386. The number of anilines is 3. The zero-order valence-corrected chi connectivity index (χ0v) is 44.4. The van der Waals surface area contributed by atoms with Crippen LogP contribution in [0.1, 0.15) is 68.3 Å². The number of hydrogen-bond donors (Lipinski definition) is 2. The number of piperazine rings is 1. The molecule has 2 aromatic heterocycles. The molecule has 18 nitrogen and oxygen atoms in total. The van der Waals surface area contributed by atoms with E-state index in [4.69, 9.17) is 40.3 Å². The van der Waals surface area contributed by atoms with Gasteiger partial charge < -0.3 is 38.5 Å². The van der Waals surface area contributed by atoms with Crippen LogP contribution in [0.3, 0.4) is 0 Å². The number of nitrogens with zero attached hydrogens (tertiary/aromatic N) is 6. The fourth-order valence-corrected chi connectivity index (χ4v) is 12.6. The van der Waals surface area contributed by atoms with Crippen molar-refractivity contribution in [2.45, 2.75) is 81.1 Å². The van der Waals surface area contributed by atoms with Gasteiger partial charge in [-0.15, -0.1) is 0 Å². The topological polar surface area (TPSA) is 194 Å². The van der Waals surface area contributed by atoms with E-state index in [2.05, 4.69) is 50.4 Å². The fraction of sp³-hybridized carbons (Fsp3) is 0.491. The molecule has 0 radical (unpaired) electrons. The summed E-state index contributed by atoms with van der Waals surface area (Å²) in [4.78, 5) is 42.5. The third-order valence-corrected chi connectivity index (χ3v) is 17.4. The summed E-state index contributed by atoms with van der Waals surface area (Å²) in [6.07, 6.45) is 5.21. The molecule has 0 bridgehead atoms. The second-order valence-electron chi connectivity index (χ2n) is 21.7. The molecule has 4 saturated heterocycles. The summed E-state index contributed by atoms with van der Waals surface area (Å²) in [5.41, 5.74) is 3.85. The number of fused-ring (bicyclic) bond motifs is 4. The Morgan fingerprint density at radius 2 is 1.72 bits per heavy atom. The molecule has 404 valence electrons. The van der Waals surface area contributed by atoms with Gasteiger partial charge in [-0.1, -0.05) is 37.6 Å². The standard InChI is InChI=1S/C55H64ClFN8O10S/c1-54(2)28-44(36-5-7-38(56)8-6-36)45-31-63-21-20-62(30-40(63)32-71-22-4-24-73-50(45)29-54)39-9-11-43(46(26-39)64-17-3-23-74-53-48(64)25-37-13-16-58-51(37)59-53)52(66)60-76(69,70)42-10-12-49(47(27-42)65(67)68)75-35-55(57)14-18-61(19-15-55)41-33-72-34-41/h5-13,16,25-27,40-41,50H,3-4,14-15,17-24,28-35H2,1-2H3,(H,58,59)(H,60,66)/t40?,50-/m1/s1. The zero-order chi connectivity index (χ0) is 52.8. The number of amides is 1. The molecule has 2 N–H and O–H groups in total. The van der Waals surface area contributed by atoms with Crippen molar-refractivity contribution >= 4 is 66.9 Å². The van der Waals surface area contributed by atoms with Crippen LogP contribution in [0.5, 0.6) is 11.6 Å². The molecular weight excluding hydrogens is 1020 g/mol. The number of piperidine rings is 1. The molecule has 21 heteroatoms. The van der Waals surface area contributed by atoms with E-state index in [0.717, 1.165) is 54.1 Å². The predicted molar refractivity (Wildman–Crippen MR) is 286 cm³/mol. The lowest BCUT2D eigenvalue weighted by Gasteiger charge is -2.45. The highest BCUT2D eigenvalue weighted by Crippen LogP contribution is 2.46. The summed E-state index contributed by atoms with van der Waals surface area (Å²) in [5.74, 6) is -0.885. The summed E-state index contributed by atoms with van der Waals surface area (Å²) in [5, 5.41) is 13.9. The Bertz CT molecular complexity index is 3130. The SMILES string of the molecule is CC1(C)CC(c2ccc(Cl)cc2)=C2CN3CCN(c4ccc(C(=O)NS(=O)(=O)c5ccc(OCC6(F)CCN(C7COC7)CC6)c([N+](=O)[O-])c5)c(N5CCCOc6nc7[nH]ccc7cc65)c4)CC3COCCCO[C@@H]2C1. The first kappa shape index (κ1) is 52.2. The molecule has 0 spiro atoms. The average Bonchev–Trinajstić information content (AvgIpc) is 3.73. The molecule has 11 rings (SSSR count). The highest BCUT2D eigenvalue weighted by molar-refractivity contribution is 7.90. The maximum atomic E-state index is 15.9. The average molecular weight is 1080 g/mol. The van der Waals surface area contributed by atoms with Crippen LogP contribution < -0.4 is 24.0 Å². The quantitative estimate of drug-likeness (QED) is 0.0947. The Labute approximate surface area is 446 Å². The van der Waals surface area contributed by atoms with Crippen molar-refractivity contribution < 1.29 is 46.2 Å². The van der Waals surface area contributed by atoms with E-state index in [1.54, 1.807) is 12.3 Å². The van der Waals surface area contributed by atoms with Gasteiger partial charge in [-0.05, 0) is 115 Å². The fourth-order valence-electron chi connectivity index (χ4n) is 11.5. The summed E-state index contributed by atoms with van der Waals surface area (Å²) >= 11 is 6.38. The van der Waals surface area contributed by atoms with Crippen molar-refractivity contribution in [2.75, 3.05) is 102 Å². The largest absolute Gasteiger partial charge is 0.483 e. The lowest BCUT2D eigenvalue weighted by Crippen LogP contribution is -2.56. The summed E-state index contributed by atoms with van der Waals surface area (Å²) in [7, 11) is -4.73. The Morgan fingerprint density at radius 3 is 2.50 bits per heavy atom. The molecular formula is C55H64ClFN8O10S. The highest BCUT2D eigenvalue weighted by atomic mass is 35.5.